The molecule has 3 heterocycles. The van der Waals surface area contributed by atoms with Gasteiger partial charge in [-0.05, 0) is 44.0 Å². The van der Waals surface area contributed by atoms with Gasteiger partial charge < -0.3 is 19.9 Å². The Hall–Kier alpha value is -3.94. The van der Waals surface area contributed by atoms with Crippen molar-refractivity contribution < 1.29 is 4.79 Å². The lowest BCUT2D eigenvalue weighted by Gasteiger charge is -2.19. The average Bonchev–Trinajstić information content (AvgIpc) is 3.14. The topological polar surface area (TPSA) is 113 Å². The van der Waals surface area contributed by atoms with Gasteiger partial charge in [0.1, 0.15) is 11.4 Å². The number of H-pyrrole nitrogens is 2. The number of nitrogens with zero attached hydrogens (tertiary/aromatic N) is 2. The van der Waals surface area contributed by atoms with Crippen molar-refractivity contribution in [2.75, 3.05) is 0 Å². The summed E-state index contributed by atoms with van der Waals surface area (Å²) in [5.74, 6) is -0.0409. The molecule has 4 rings (SSSR count). The number of nitrogens with one attached hydrogen (secondary N) is 3. The number of benzene rings is 1. The number of aromatic amines is 2. The van der Waals surface area contributed by atoms with Crippen LogP contribution in [0.25, 0.3) is 10.9 Å². The molecule has 0 saturated heterocycles. The minimum atomic E-state index is -0.604. The van der Waals surface area contributed by atoms with Crippen molar-refractivity contribution in [2.45, 2.75) is 33.2 Å². The Labute approximate surface area is 184 Å². The SMILES string of the molecule is Cc1nc([C@H](Cc2c[nH]c3ccccc23)NC(=O)c2c(C)cc(C)n(C)c2=O)cc(=O)[nH]1. The van der Waals surface area contributed by atoms with E-state index in [0.29, 0.717) is 23.5 Å². The van der Waals surface area contributed by atoms with Crippen molar-refractivity contribution in [3.63, 3.8) is 0 Å². The highest BCUT2D eigenvalue weighted by atomic mass is 16.2. The van der Waals surface area contributed by atoms with Crippen LogP contribution in [0, 0.1) is 20.8 Å². The van der Waals surface area contributed by atoms with Crippen LogP contribution in [0.15, 0.2) is 52.2 Å². The Morgan fingerprint density at radius 1 is 1.16 bits per heavy atom. The fraction of sp³-hybridized carbons (Fsp3) is 0.250. The molecule has 0 unspecified atom stereocenters. The first kappa shape index (κ1) is 21.3. The third kappa shape index (κ3) is 3.99. The minimum absolute atomic E-state index is 0.0867. The maximum atomic E-state index is 13.2. The van der Waals surface area contributed by atoms with Gasteiger partial charge in [0.25, 0.3) is 17.0 Å². The van der Waals surface area contributed by atoms with Crippen LogP contribution >= 0.6 is 0 Å². The summed E-state index contributed by atoms with van der Waals surface area (Å²) in [7, 11) is 1.64. The van der Waals surface area contributed by atoms with Crippen LogP contribution in [0.5, 0.6) is 0 Å². The van der Waals surface area contributed by atoms with Gasteiger partial charge in [0.15, 0.2) is 0 Å². The van der Waals surface area contributed by atoms with E-state index in [1.54, 1.807) is 27.0 Å². The number of fused-ring (bicyclic) bond motifs is 1. The second kappa shape index (κ2) is 8.30. The van der Waals surface area contributed by atoms with E-state index in [1.165, 1.54) is 10.6 Å². The lowest BCUT2D eigenvalue weighted by atomic mass is 10.0. The number of amides is 1. The number of hydrogen-bond donors (Lipinski definition) is 3. The molecule has 1 amide bonds. The number of rotatable bonds is 5. The van der Waals surface area contributed by atoms with Crippen molar-refractivity contribution in [3.8, 4) is 0 Å². The van der Waals surface area contributed by atoms with Crippen LogP contribution in [0.2, 0.25) is 0 Å². The van der Waals surface area contributed by atoms with Crippen LogP contribution in [0.1, 0.15) is 44.7 Å². The molecule has 1 aromatic carbocycles. The molecule has 32 heavy (non-hydrogen) atoms. The van der Waals surface area contributed by atoms with Gasteiger partial charge in [-0.3, -0.25) is 14.4 Å². The molecule has 8 heteroatoms. The number of hydrogen-bond acceptors (Lipinski definition) is 4. The van der Waals surface area contributed by atoms with Crippen LogP contribution in [0.4, 0.5) is 0 Å². The highest BCUT2D eigenvalue weighted by molar-refractivity contribution is 5.95. The Morgan fingerprint density at radius 2 is 1.91 bits per heavy atom. The van der Waals surface area contributed by atoms with Gasteiger partial charge in [0, 0.05) is 42.3 Å². The predicted octanol–water partition coefficient (Wildman–Crippen LogP) is 2.59. The Bertz CT molecular complexity index is 1440. The van der Waals surface area contributed by atoms with E-state index >= 15 is 0 Å². The molecule has 0 aliphatic carbocycles. The zero-order chi connectivity index (χ0) is 23.0. The smallest absolute Gasteiger partial charge is 0.263 e. The van der Waals surface area contributed by atoms with E-state index in [-0.39, 0.29) is 16.7 Å². The number of carbonyl (C=O) groups excluding carboxylic acids is 1. The molecular weight excluding hydrogens is 406 g/mol. The largest absolute Gasteiger partial charge is 0.361 e. The molecule has 0 spiro atoms. The van der Waals surface area contributed by atoms with E-state index in [9.17, 15) is 14.4 Å². The third-order valence-corrected chi connectivity index (χ3v) is 5.74. The number of aryl methyl sites for hydroxylation is 3. The van der Waals surface area contributed by atoms with Crippen LogP contribution in [0.3, 0.4) is 0 Å². The summed E-state index contributed by atoms with van der Waals surface area (Å²) in [5, 5.41) is 3.98. The minimum Gasteiger partial charge on any atom is -0.361 e. The number of aromatic nitrogens is 4. The summed E-state index contributed by atoms with van der Waals surface area (Å²) >= 11 is 0. The first-order chi connectivity index (χ1) is 15.2. The lowest BCUT2D eigenvalue weighted by molar-refractivity contribution is 0.0933. The van der Waals surface area contributed by atoms with Crippen molar-refractivity contribution in [1.82, 2.24) is 24.8 Å². The summed E-state index contributed by atoms with van der Waals surface area (Å²) in [6.45, 7) is 5.25. The summed E-state index contributed by atoms with van der Waals surface area (Å²) in [6.07, 6.45) is 2.29. The van der Waals surface area contributed by atoms with Gasteiger partial charge in [-0.25, -0.2) is 4.98 Å². The van der Waals surface area contributed by atoms with Crippen molar-refractivity contribution in [2.24, 2.45) is 7.05 Å². The molecular formula is C24H25N5O3. The van der Waals surface area contributed by atoms with Crippen molar-refractivity contribution in [3.05, 3.63) is 97.2 Å². The molecule has 8 nitrogen and oxygen atoms in total. The monoisotopic (exact) mass is 431 g/mol. The van der Waals surface area contributed by atoms with Gasteiger partial charge in [-0.1, -0.05) is 18.2 Å². The zero-order valence-corrected chi connectivity index (χ0v) is 18.4. The van der Waals surface area contributed by atoms with Gasteiger partial charge >= 0.3 is 0 Å². The van der Waals surface area contributed by atoms with E-state index < -0.39 is 11.9 Å². The van der Waals surface area contributed by atoms with E-state index in [4.69, 9.17) is 0 Å². The summed E-state index contributed by atoms with van der Waals surface area (Å²) in [4.78, 5) is 48.5. The van der Waals surface area contributed by atoms with Gasteiger partial charge in [0.2, 0.25) is 0 Å². The fourth-order valence-electron chi connectivity index (χ4n) is 4.02. The Balaban J connectivity index is 1.76. The fourth-order valence-corrected chi connectivity index (χ4v) is 4.02. The Kier molecular flexibility index (Phi) is 5.52. The van der Waals surface area contributed by atoms with Gasteiger partial charge in [-0.2, -0.15) is 0 Å². The number of para-hydroxylation sites is 1. The number of pyridine rings is 1. The molecule has 1 atom stereocenters. The maximum Gasteiger partial charge on any atom is 0.263 e. The quantitative estimate of drug-likeness (QED) is 0.451. The highest BCUT2D eigenvalue weighted by Crippen LogP contribution is 2.24. The molecule has 0 saturated carbocycles. The van der Waals surface area contributed by atoms with E-state index in [1.807, 2.05) is 37.4 Å². The first-order valence-corrected chi connectivity index (χ1v) is 10.4. The second-order valence-corrected chi connectivity index (χ2v) is 8.05. The van der Waals surface area contributed by atoms with E-state index in [2.05, 4.69) is 20.3 Å². The van der Waals surface area contributed by atoms with E-state index in [0.717, 1.165) is 22.2 Å². The molecule has 0 radical (unpaired) electrons. The van der Waals surface area contributed by atoms with Crippen molar-refractivity contribution >= 4 is 16.8 Å². The van der Waals surface area contributed by atoms with Crippen LogP contribution in [-0.2, 0) is 13.5 Å². The molecule has 4 aromatic rings. The average molecular weight is 431 g/mol. The van der Waals surface area contributed by atoms with Crippen LogP contribution in [-0.4, -0.2) is 25.4 Å². The molecule has 0 bridgehead atoms. The molecule has 164 valence electrons. The van der Waals surface area contributed by atoms with Crippen molar-refractivity contribution in [1.29, 1.82) is 0 Å². The normalized spacial score (nSPS) is 12.1. The molecule has 0 fully saturated rings. The number of carbonyl (C=O) groups is 1. The summed E-state index contributed by atoms with van der Waals surface area (Å²) in [5.41, 5.74) is 3.18. The van der Waals surface area contributed by atoms with Gasteiger partial charge in [0.05, 0.1) is 11.7 Å². The lowest BCUT2D eigenvalue weighted by Crippen LogP contribution is -2.37. The second-order valence-electron chi connectivity index (χ2n) is 8.05. The molecule has 0 aliphatic rings. The molecule has 3 aromatic heterocycles. The summed E-state index contributed by atoms with van der Waals surface area (Å²) < 4.78 is 1.45. The molecule has 0 aliphatic heterocycles. The highest BCUT2D eigenvalue weighted by Gasteiger charge is 2.23. The standard InChI is InChI=1S/C24H25N5O3/c1-13-9-14(2)29(4)24(32)22(13)23(31)28-19(20-11-21(30)27-15(3)26-20)10-16-12-25-18-8-6-5-7-17(16)18/h5-9,11-12,19,25H,10H2,1-4H3,(H,28,31)(H,26,27,30)/t19-/m0/s1. The third-order valence-electron chi connectivity index (χ3n) is 5.74. The van der Waals surface area contributed by atoms with Gasteiger partial charge in [-0.15, -0.1) is 0 Å². The predicted molar refractivity (Wildman–Crippen MR) is 123 cm³/mol. The van der Waals surface area contributed by atoms with Crippen LogP contribution < -0.4 is 16.4 Å². The first-order valence-electron chi connectivity index (χ1n) is 10.4. The summed E-state index contributed by atoms with van der Waals surface area (Å²) in [6, 6.07) is 10.4. The zero-order valence-electron chi connectivity index (χ0n) is 18.4. The Morgan fingerprint density at radius 3 is 2.66 bits per heavy atom. The maximum absolute atomic E-state index is 13.2. The molecule has 3 N–H and O–H groups in total.